The van der Waals surface area contributed by atoms with Crippen molar-refractivity contribution in [2.24, 2.45) is 0 Å². The Morgan fingerprint density at radius 1 is 0.905 bits per heavy atom. The summed E-state index contributed by atoms with van der Waals surface area (Å²) >= 11 is 0. The topological polar surface area (TPSA) is 71.0 Å². The minimum absolute atomic E-state index is 0.0715. The van der Waals surface area contributed by atoms with Gasteiger partial charge in [-0.25, -0.2) is 0 Å². The quantitative estimate of drug-likeness (QED) is 0.357. The first-order chi connectivity index (χ1) is 10.3. The number of hydrogen-bond donors (Lipinski definition) is 3. The second-order valence-corrected chi connectivity index (χ2v) is 5.39. The summed E-state index contributed by atoms with van der Waals surface area (Å²) in [5.41, 5.74) is 0. The molecule has 3 N–H and O–H groups in total. The van der Waals surface area contributed by atoms with Crippen LogP contribution >= 0.6 is 0 Å². The molecule has 0 aromatic carbocycles. The monoisotopic (exact) mass is 305 g/mol. The minimum Gasteiger partial charge on any atom is -0.394 e. The van der Waals surface area contributed by atoms with Crippen molar-refractivity contribution in [3.8, 4) is 0 Å². The molecule has 0 aliphatic rings. The van der Waals surface area contributed by atoms with Gasteiger partial charge in [0.2, 0.25) is 0 Å². The Hall–Kier alpha value is -0.200. The standard InChI is InChI=1S/C16H35NO4/c1-2-3-4-5-6-7-11-21-15-16(19)14-17-9-8-12-20-13-10-18/h16-19H,2-15H2,1H3. The van der Waals surface area contributed by atoms with Gasteiger partial charge in [-0.15, -0.1) is 0 Å². The first kappa shape index (κ1) is 20.8. The molecule has 0 aromatic rings. The van der Waals surface area contributed by atoms with E-state index in [1.54, 1.807) is 0 Å². The van der Waals surface area contributed by atoms with Gasteiger partial charge in [0, 0.05) is 19.8 Å². The number of hydrogen-bond acceptors (Lipinski definition) is 5. The van der Waals surface area contributed by atoms with Gasteiger partial charge >= 0.3 is 0 Å². The Balaban J connectivity index is 3.11. The third kappa shape index (κ3) is 17.7. The number of unbranched alkanes of at least 4 members (excludes halogenated alkanes) is 5. The van der Waals surface area contributed by atoms with E-state index in [2.05, 4.69) is 12.2 Å². The van der Waals surface area contributed by atoms with Gasteiger partial charge in [0.15, 0.2) is 0 Å². The molecule has 0 aliphatic heterocycles. The van der Waals surface area contributed by atoms with Gasteiger partial charge in [-0.2, -0.15) is 0 Å². The maximum atomic E-state index is 9.71. The number of rotatable bonds is 17. The molecule has 0 amide bonds. The van der Waals surface area contributed by atoms with Gasteiger partial charge in [0.1, 0.15) is 0 Å². The van der Waals surface area contributed by atoms with Crippen molar-refractivity contribution in [2.75, 3.05) is 46.1 Å². The summed E-state index contributed by atoms with van der Waals surface area (Å²) in [7, 11) is 0. The molecule has 0 spiro atoms. The first-order valence-corrected chi connectivity index (χ1v) is 8.46. The van der Waals surface area contributed by atoms with Gasteiger partial charge < -0.3 is 25.0 Å². The van der Waals surface area contributed by atoms with Crippen LogP contribution in [0.1, 0.15) is 51.9 Å². The van der Waals surface area contributed by atoms with E-state index >= 15 is 0 Å². The highest BCUT2D eigenvalue weighted by Gasteiger charge is 2.03. The van der Waals surface area contributed by atoms with Crippen LogP contribution in [0.2, 0.25) is 0 Å². The fourth-order valence-electron chi connectivity index (χ4n) is 2.00. The molecule has 0 saturated heterocycles. The van der Waals surface area contributed by atoms with Crippen molar-refractivity contribution in [1.82, 2.24) is 5.32 Å². The lowest BCUT2D eigenvalue weighted by Crippen LogP contribution is -2.31. The Bertz CT molecular complexity index is 193. The number of aliphatic hydroxyl groups is 2. The number of aliphatic hydroxyl groups excluding tert-OH is 2. The van der Waals surface area contributed by atoms with Crippen LogP contribution in [0.5, 0.6) is 0 Å². The van der Waals surface area contributed by atoms with Crippen molar-refractivity contribution in [3.63, 3.8) is 0 Å². The average molecular weight is 305 g/mol. The van der Waals surface area contributed by atoms with Gasteiger partial charge in [-0.3, -0.25) is 0 Å². The molecular formula is C16H35NO4. The molecule has 5 nitrogen and oxygen atoms in total. The first-order valence-electron chi connectivity index (χ1n) is 8.46. The summed E-state index contributed by atoms with van der Waals surface area (Å²) in [6.45, 7) is 5.84. The second-order valence-electron chi connectivity index (χ2n) is 5.39. The fraction of sp³-hybridized carbons (Fsp3) is 1.00. The van der Waals surface area contributed by atoms with E-state index < -0.39 is 6.10 Å². The van der Waals surface area contributed by atoms with Crippen molar-refractivity contribution < 1.29 is 19.7 Å². The van der Waals surface area contributed by atoms with Crippen LogP contribution in [0.4, 0.5) is 0 Å². The molecule has 0 radical (unpaired) electrons. The van der Waals surface area contributed by atoms with Crippen LogP contribution < -0.4 is 5.32 Å². The Morgan fingerprint density at radius 3 is 2.38 bits per heavy atom. The Labute approximate surface area is 130 Å². The van der Waals surface area contributed by atoms with Gasteiger partial charge in [0.25, 0.3) is 0 Å². The lowest BCUT2D eigenvalue weighted by atomic mass is 10.1. The molecule has 1 unspecified atom stereocenters. The molecular weight excluding hydrogens is 270 g/mol. The molecule has 0 saturated carbocycles. The van der Waals surface area contributed by atoms with Crippen molar-refractivity contribution in [3.05, 3.63) is 0 Å². The summed E-state index contributed by atoms with van der Waals surface area (Å²) in [6, 6.07) is 0. The summed E-state index contributed by atoms with van der Waals surface area (Å²) in [5.74, 6) is 0. The second kappa shape index (κ2) is 17.9. The van der Waals surface area contributed by atoms with Gasteiger partial charge in [-0.1, -0.05) is 39.0 Å². The van der Waals surface area contributed by atoms with E-state index in [4.69, 9.17) is 14.6 Å². The normalized spacial score (nSPS) is 12.7. The fourth-order valence-corrected chi connectivity index (χ4v) is 2.00. The molecule has 21 heavy (non-hydrogen) atoms. The number of nitrogens with one attached hydrogen (secondary N) is 1. The zero-order valence-electron chi connectivity index (χ0n) is 13.7. The number of ether oxygens (including phenoxy) is 2. The summed E-state index contributed by atoms with van der Waals surface area (Å²) < 4.78 is 10.6. The van der Waals surface area contributed by atoms with Crippen LogP contribution in [0.3, 0.4) is 0 Å². The van der Waals surface area contributed by atoms with Gasteiger partial charge in [-0.05, 0) is 19.4 Å². The zero-order valence-corrected chi connectivity index (χ0v) is 13.7. The maximum Gasteiger partial charge on any atom is 0.0897 e. The van der Waals surface area contributed by atoms with E-state index in [1.165, 1.54) is 32.1 Å². The molecule has 5 heteroatoms. The Kier molecular flexibility index (Phi) is 17.7. The average Bonchev–Trinajstić information content (AvgIpc) is 2.49. The molecule has 0 heterocycles. The maximum absolute atomic E-state index is 9.71. The largest absolute Gasteiger partial charge is 0.394 e. The smallest absolute Gasteiger partial charge is 0.0897 e. The summed E-state index contributed by atoms with van der Waals surface area (Å²) in [4.78, 5) is 0. The molecule has 1 atom stereocenters. The SMILES string of the molecule is CCCCCCCCOCC(O)CNCCCOCCO. The predicted octanol–water partition coefficient (Wildman–Crippen LogP) is 1.71. The van der Waals surface area contributed by atoms with E-state index in [0.29, 0.717) is 26.4 Å². The van der Waals surface area contributed by atoms with Crippen molar-refractivity contribution >= 4 is 0 Å². The highest BCUT2D eigenvalue weighted by atomic mass is 16.5. The molecule has 128 valence electrons. The van der Waals surface area contributed by atoms with E-state index in [1.807, 2.05) is 0 Å². The third-order valence-electron chi connectivity index (χ3n) is 3.21. The van der Waals surface area contributed by atoms with Crippen LogP contribution in [-0.4, -0.2) is 62.4 Å². The zero-order chi connectivity index (χ0) is 15.6. The van der Waals surface area contributed by atoms with Crippen LogP contribution in [0.25, 0.3) is 0 Å². The lowest BCUT2D eigenvalue weighted by molar-refractivity contribution is 0.0349. The van der Waals surface area contributed by atoms with E-state index in [9.17, 15) is 5.11 Å². The van der Waals surface area contributed by atoms with Crippen LogP contribution in [0, 0.1) is 0 Å². The van der Waals surface area contributed by atoms with Crippen molar-refractivity contribution in [1.29, 1.82) is 0 Å². The highest BCUT2D eigenvalue weighted by Crippen LogP contribution is 2.04. The molecule has 0 aromatic heterocycles. The van der Waals surface area contributed by atoms with E-state index in [-0.39, 0.29) is 6.61 Å². The molecule has 0 fully saturated rings. The summed E-state index contributed by atoms with van der Waals surface area (Å²) in [6.07, 6.45) is 7.98. The van der Waals surface area contributed by atoms with Crippen molar-refractivity contribution in [2.45, 2.75) is 58.0 Å². The molecule has 0 rings (SSSR count). The highest BCUT2D eigenvalue weighted by molar-refractivity contribution is 4.58. The van der Waals surface area contributed by atoms with Crippen LogP contribution in [-0.2, 0) is 9.47 Å². The predicted molar refractivity (Wildman–Crippen MR) is 85.6 cm³/mol. The molecule has 0 bridgehead atoms. The van der Waals surface area contributed by atoms with Gasteiger partial charge in [0.05, 0.1) is 25.9 Å². The minimum atomic E-state index is -0.441. The molecule has 0 aliphatic carbocycles. The van der Waals surface area contributed by atoms with E-state index in [0.717, 1.165) is 26.0 Å². The summed E-state index contributed by atoms with van der Waals surface area (Å²) in [5, 5.41) is 21.4. The Morgan fingerprint density at radius 2 is 1.62 bits per heavy atom. The van der Waals surface area contributed by atoms with Crippen LogP contribution in [0.15, 0.2) is 0 Å². The third-order valence-corrected chi connectivity index (χ3v) is 3.21. The lowest BCUT2D eigenvalue weighted by Gasteiger charge is -2.12.